The molecule has 2 atom stereocenters. The molecule has 2 nitrogen and oxygen atoms in total. The first-order chi connectivity index (χ1) is 7.35. The predicted molar refractivity (Wildman–Crippen MR) is 65.1 cm³/mol. The van der Waals surface area contributed by atoms with Crippen LogP contribution in [0.2, 0.25) is 0 Å². The summed E-state index contributed by atoms with van der Waals surface area (Å²) in [7, 11) is 2.13. The van der Waals surface area contributed by atoms with E-state index in [1.807, 2.05) is 0 Å². The molecule has 88 valence electrons. The summed E-state index contributed by atoms with van der Waals surface area (Å²) in [6, 6.07) is 1.74. The third-order valence-corrected chi connectivity index (χ3v) is 4.07. The summed E-state index contributed by atoms with van der Waals surface area (Å²) < 4.78 is 0. The van der Waals surface area contributed by atoms with Gasteiger partial charge in [-0.2, -0.15) is 0 Å². The van der Waals surface area contributed by atoms with Crippen LogP contribution in [-0.4, -0.2) is 37.1 Å². The molecule has 2 aliphatic carbocycles. The van der Waals surface area contributed by atoms with Crippen molar-refractivity contribution in [3.8, 4) is 0 Å². The smallest absolute Gasteiger partial charge is 0.0104 e. The summed E-state index contributed by atoms with van der Waals surface area (Å²) in [5.74, 6) is 0.919. The van der Waals surface area contributed by atoms with Crippen LogP contribution >= 0.6 is 0 Å². The zero-order valence-electron chi connectivity index (χ0n) is 10.3. The van der Waals surface area contributed by atoms with Crippen LogP contribution in [-0.2, 0) is 0 Å². The Bertz CT molecular complexity index is 189. The van der Waals surface area contributed by atoms with Crippen LogP contribution in [0.15, 0.2) is 0 Å². The summed E-state index contributed by atoms with van der Waals surface area (Å²) in [6.07, 6.45) is 8.49. The normalized spacial score (nSPS) is 31.4. The molecule has 0 aromatic heterocycles. The number of rotatable bonds is 6. The maximum absolute atomic E-state index is 3.49. The Kier molecular flexibility index (Phi) is 4.04. The van der Waals surface area contributed by atoms with Crippen molar-refractivity contribution in [2.24, 2.45) is 5.92 Å². The molecule has 0 aromatic rings. The molecule has 2 saturated carbocycles. The third kappa shape index (κ3) is 2.94. The molecule has 0 radical (unpaired) electrons. The lowest BCUT2D eigenvalue weighted by Crippen LogP contribution is -2.39. The molecule has 1 N–H and O–H groups in total. The van der Waals surface area contributed by atoms with Gasteiger partial charge >= 0.3 is 0 Å². The van der Waals surface area contributed by atoms with E-state index in [4.69, 9.17) is 0 Å². The highest BCUT2D eigenvalue weighted by molar-refractivity contribution is 4.90. The molecule has 2 heteroatoms. The summed E-state index contributed by atoms with van der Waals surface area (Å²) in [6.45, 7) is 4.97. The highest BCUT2D eigenvalue weighted by Crippen LogP contribution is 2.32. The van der Waals surface area contributed by atoms with Crippen LogP contribution < -0.4 is 5.32 Å². The molecule has 0 spiro atoms. The van der Waals surface area contributed by atoms with Gasteiger partial charge in [-0.1, -0.05) is 13.3 Å². The predicted octanol–water partition coefficient (Wildman–Crippen LogP) is 2.25. The van der Waals surface area contributed by atoms with Crippen molar-refractivity contribution in [1.82, 2.24) is 10.2 Å². The van der Waals surface area contributed by atoms with Gasteiger partial charge in [0.2, 0.25) is 0 Å². The highest BCUT2D eigenvalue weighted by atomic mass is 15.2. The summed E-state index contributed by atoms with van der Waals surface area (Å²) in [5, 5.41) is 3.49. The Hall–Kier alpha value is -0.0800. The van der Waals surface area contributed by atoms with Gasteiger partial charge in [0.15, 0.2) is 0 Å². The summed E-state index contributed by atoms with van der Waals surface area (Å²) in [5.41, 5.74) is 0. The molecule has 0 bridgehead atoms. The topological polar surface area (TPSA) is 15.3 Å². The zero-order valence-corrected chi connectivity index (χ0v) is 10.3. The van der Waals surface area contributed by atoms with E-state index in [2.05, 4.69) is 24.2 Å². The first-order valence-corrected chi connectivity index (χ1v) is 6.76. The van der Waals surface area contributed by atoms with Crippen LogP contribution in [0.4, 0.5) is 0 Å². The minimum absolute atomic E-state index is 0.795. The number of hydrogen-bond donors (Lipinski definition) is 1. The molecular formula is C13H26N2. The van der Waals surface area contributed by atoms with E-state index >= 15 is 0 Å². The van der Waals surface area contributed by atoms with E-state index in [1.54, 1.807) is 0 Å². The van der Waals surface area contributed by atoms with Crippen LogP contribution in [0, 0.1) is 5.92 Å². The van der Waals surface area contributed by atoms with Gasteiger partial charge in [0.25, 0.3) is 0 Å². The van der Waals surface area contributed by atoms with Gasteiger partial charge in [-0.3, -0.25) is 0 Å². The van der Waals surface area contributed by atoms with Crippen molar-refractivity contribution in [2.45, 2.75) is 57.5 Å². The van der Waals surface area contributed by atoms with Crippen molar-refractivity contribution in [2.75, 3.05) is 20.1 Å². The van der Waals surface area contributed by atoms with Crippen molar-refractivity contribution in [3.05, 3.63) is 0 Å². The van der Waals surface area contributed by atoms with Gasteiger partial charge in [0.1, 0.15) is 0 Å². The maximum Gasteiger partial charge on any atom is 0.0104 e. The molecular weight excluding hydrogens is 184 g/mol. The van der Waals surface area contributed by atoms with E-state index in [9.17, 15) is 0 Å². The minimum atomic E-state index is 0.795. The third-order valence-electron chi connectivity index (χ3n) is 4.07. The van der Waals surface area contributed by atoms with E-state index < -0.39 is 0 Å². The van der Waals surface area contributed by atoms with Gasteiger partial charge in [-0.25, -0.2) is 0 Å². The Labute approximate surface area is 94.4 Å². The molecule has 0 heterocycles. The van der Waals surface area contributed by atoms with Crippen LogP contribution in [0.5, 0.6) is 0 Å². The molecule has 15 heavy (non-hydrogen) atoms. The van der Waals surface area contributed by atoms with Gasteiger partial charge in [0, 0.05) is 18.6 Å². The fourth-order valence-corrected chi connectivity index (χ4v) is 3.09. The standard InChI is InChI=1S/C13H26N2/c1-3-9-15(12-7-8-12)10-11-5-4-6-13(11)14-2/h11-14H,3-10H2,1-2H3. The molecule has 0 saturated heterocycles. The van der Waals surface area contributed by atoms with E-state index in [-0.39, 0.29) is 0 Å². The first-order valence-electron chi connectivity index (χ1n) is 6.76. The second-order valence-corrected chi connectivity index (χ2v) is 5.31. The van der Waals surface area contributed by atoms with Crippen molar-refractivity contribution in [3.63, 3.8) is 0 Å². The quantitative estimate of drug-likeness (QED) is 0.723. The van der Waals surface area contributed by atoms with Gasteiger partial charge in [-0.15, -0.1) is 0 Å². The lowest BCUT2D eigenvalue weighted by molar-refractivity contribution is 0.207. The van der Waals surface area contributed by atoms with Crippen LogP contribution in [0.3, 0.4) is 0 Å². The fraction of sp³-hybridized carbons (Fsp3) is 1.00. The summed E-state index contributed by atoms with van der Waals surface area (Å²) in [4.78, 5) is 2.75. The van der Waals surface area contributed by atoms with Gasteiger partial charge in [0.05, 0.1) is 0 Å². The second kappa shape index (κ2) is 5.31. The highest BCUT2D eigenvalue weighted by Gasteiger charge is 2.33. The number of hydrogen-bond acceptors (Lipinski definition) is 2. The zero-order chi connectivity index (χ0) is 10.7. The number of nitrogens with zero attached hydrogens (tertiary/aromatic N) is 1. The van der Waals surface area contributed by atoms with E-state index in [0.717, 1.165) is 18.0 Å². The summed E-state index contributed by atoms with van der Waals surface area (Å²) >= 11 is 0. The minimum Gasteiger partial charge on any atom is -0.317 e. The first kappa shape index (κ1) is 11.4. The monoisotopic (exact) mass is 210 g/mol. The Morgan fingerprint density at radius 1 is 1.20 bits per heavy atom. The average Bonchev–Trinajstić information content (AvgIpc) is 2.99. The van der Waals surface area contributed by atoms with Crippen molar-refractivity contribution < 1.29 is 0 Å². The second-order valence-electron chi connectivity index (χ2n) is 5.31. The molecule has 2 fully saturated rings. The molecule has 0 amide bonds. The van der Waals surface area contributed by atoms with Gasteiger partial charge in [-0.05, 0) is 51.6 Å². The van der Waals surface area contributed by atoms with E-state index in [0.29, 0.717) is 0 Å². The lowest BCUT2D eigenvalue weighted by Gasteiger charge is -2.28. The molecule has 0 aliphatic heterocycles. The SMILES string of the molecule is CCCN(CC1CCCC1NC)C1CC1. The van der Waals surface area contributed by atoms with Crippen LogP contribution in [0.25, 0.3) is 0 Å². The molecule has 2 aliphatic rings. The maximum atomic E-state index is 3.49. The van der Waals surface area contributed by atoms with E-state index in [1.165, 1.54) is 51.6 Å². The Morgan fingerprint density at radius 2 is 2.00 bits per heavy atom. The Balaban J connectivity index is 1.81. The fourth-order valence-electron chi connectivity index (χ4n) is 3.09. The average molecular weight is 210 g/mol. The molecule has 2 unspecified atom stereocenters. The van der Waals surface area contributed by atoms with Crippen molar-refractivity contribution in [1.29, 1.82) is 0 Å². The molecule has 0 aromatic carbocycles. The lowest BCUT2D eigenvalue weighted by atomic mass is 10.0. The van der Waals surface area contributed by atoms with Crippen molar-refractivity contribution >= 4 is 0 Å². The Morgan fingerprint density at radius 3 is 2.60 bits per heavy atom. The van der Waals surface area contributed by atoms with Gasteiger partial charge < -0.3 is 10.2 Å². The number of nitrogens with one attached hydrogen (secondary N) is 1. The van der Waals surface area contributed by atoms with Crippen LogP contribution in [0.1, 0.15) is 45.4 Å². The largest absolute Gasteiger partial charge is 0.317 e. The molecule has 2 rings (SSSR count).